The fraction of sp³-hybridized carbons (Fsp3) is 0.579. The Labute approximate surface area is 137 Å². The van der Waals surface area contributed by atoms with Gasteiger partial charge in [-0.1, -0.05) is 31.4 Å². The van der Waals surface area contributed by atoms with Crippen LogP contribution in [0.15, 0.2) is 18.2 Å². The van der Waals surface area contributed by atoms with Crippen molar-refractivity contribution in [2.45, 2.75) is 64.2 Å². The number of hydrogen-bond acceptors (Lipinski definition) is 2. The SMILES string of the molecule is O=C(CC1(C(=O)O)CCCCC1)Nc1cccc2c1CCCC2. The van der Waals surface area contributed by atoms with Gasteiger partial charge in [0.1, 0.15) is 0 Å². The first kappa shape index (κ1) is 16.0. The number of carbonyl (C=O) groups is 2. The third-order valence-corrected chi connectivity index (χ3v) is 5.43. The summed E-state index contributed by atoms with van der Waals surface area (Å²) in [6, 6.07) is 6.05. The summed E-state index contributed by atoms with van der Waals surface area (Å²) in [4.78, 5) is 24.2. The van der Waals surface area contributed by atoms with Crippen molar-refractivity contribution >= 4 is 17.6 Å². The van der Waals surface area contributed by atoms with Crippen LogP contribution in [0.25, 0.3) is 0 Å². The van der Waals surface area contributed by atoms with Crippen LogP contribution in [-0.2, 0) is 22.4 Å². The number of amides is 1. The molecular weight excluding hydrogens is 290 g/mol. The number of carboxylic acids is 1. The van der Waals surface area contributed by atoms with Gasteiger partial charge in [-0.25, -0.2) is 0 Å². The fourth-order valence-corrected chi connectivity index (χ4v) is 4.09. The Morgan fingerprint density at radius 3 is 2.52 bits per heavy atom. The van der Waals surface area contributed by atoms with Crippen molar-refractivity contribution < 1.29 is 14.7 Å². The predicted molar refractivity (Wildman–Crippen MR) is 89.5 cm³/mol. The van der Waals surface area contributed by atoms with Gasteiger partial charge in [-0.15, -0.1) is 0 Å². The first-order valence-electron chi connectivity index (χ1n) is 8.75. The lowest BCUT2D eigenvalue weighted by molar-refractivity contribution is -0.153. The van der Waals surface area contributed by atoms with Gasteiger partial charge in [0.25, 0.3) is 0 Å². The molecule has 1 amide bonds. The number of hydrogen-bond donors (Lipinski definition) is 2. The molecule has 23 heavy (non-hydrogen) atoms. The molecule has 4 nitrogen and oxygen atoms in total. The van der Waals surface area contributed by atoms with Crippen LogP contribution in [0, 0.1) is 5.41 Å². The highest BCUT2D eigenvalue weighted by molar-refractivity contribution is 5.95. The molecule has 3 rings (SSSR count). The minimum atomic E-state index is -0.864. The molecule has 2 aliphatic carbocycles. The van der Waals surface area contributed by atoms with E-state index in [4.69, 9.17) is 0 Å². The van der Waals surface area contributed by atoms with Crippen LogP contribution in [0.5, 0.6) is 0 Å². The Morgan fingerprint density at radius 2 is 1.78 bits per heavy atom. The van der Waals surface area contributed by atoms with Gasteiger partial charge in [-0.05, 0) is 55.7 Å². The molecule has 1 fully saturated rings. The van der Waals surface area contributed by atoms with E-state index in [1.165, 1.54) is 17.5 Å². The van der Waals surface area contributed by atoms with E-state index < -0.39 is 11.4 Å². The lowest BCUT2D eigenvalue weighted by atomic mass is 9.71. The Bertz CT molecular complexity index is 603. The van der Waals surface area contributed by atoms with Crippen molar-refractivity contribution in [2.24, 2.45) is 5.41 Å². The zero-order valence-electron chi connectivity index (χ0n) is 13.6. The molecule has 4 heteroatoms. The molecule has 0 unspecified atom stereocenters. The van der Waals surface area contributed by atoms with Gasteiger partial charge in [-0.3, -0.25) is 9.59 Å². The summed E-state index contributed by atoms with van der Waals surface area (Å²) in [5.74, 6) is -0.976. The summed E-state index contributed by atoms with van der Waals surface area (Å²) in [5.41, 5.74) is 2.57. The van der Waals surface area contributed by atoms with Crippen LogP contribution in [0.4, 0.5) is 5.69 Å². The normalized spacial score (nSPS) is 19.7. The minimum absolute atomic E-state index is 0.0893. The van der Waals surface area contributed by atoms with Gasteiger partial charge in [0.2, 0.25) is 5.91 Å². The third-order valence-electron chi connectivity index (χ3n) is 5.43. The largest absolute Gasteiger partial charge is 0.481 e. The topological polar surface area (TPSA) is 66.4 Å². The van der Waals surface area contributed by atoms with Crippen LogP contribution in [0.2, 0.25) is 0 Å². The summed E-state index contributed by atoms with van der Waals surface area (Å²) in [7, 11) is 0. The van der Waals surface area contributed by atoms with Crippen LogP contribution in [-0.4, -0.2) is 17.0 Å². The molecule has 0 radical (unpaired) electrons. The summed E-state index contributed by atoms with van der Waals surface area (Å²) in [5, 5.41) is 12.6. The molecule has 0 saturated heterocycles. The molecule has 1 saturated carbocycles. The van der Waals surface area contributed by atoms with E-state index in [0.29, 0.717) is 12.8 Å². The standard InChI is InChI=1S/C19H25NO3/c21-17(13-19(18(22)23)11-4-1-5-12-19)20-16-10-6-8-14-7-2-3-9-15(14)16/h6,8,10H,1-5,7,9,11-13H2,(H,20,21)(H,22,23). The highest BCUT2D eigenvalue weighted by Gasteiger charge is 2.41. The second-order valence-corrected chi connectivity index (χ2v) is 7.02. The average molecular weight is 315 g/mol. The predicted octanol–water partition coefficient (Wildman–Crippen LogP) is 3.93. The summed E-state index contributed by atoms with van der Waals surface area (Å²) in [6.07, 6.45) is 8.61. The van der Waals surface area contributed by atoms with E-state index in [1.54, 1.807) is 0 Å². The second-order valence-electron chi connectivity index (χ2n) is 7.02. The zero-order chi connectivity index (χ0) is 16.3. The van der Waals surface area contributed by atoms with Crippen LogP contribution < -0.4 is 5.32 Å². The van der Waals surface area contributed by atoms with Crippen molar-refractivity contribution in [3.63, 3.8) is 0 Å². The monoisotopic (exact) mass is 315 g/mol. The molecule has 2 aliphatic rings. The van der Waals surface area contributed by atoms with E-state index in [1.807, 2.05) is 12.1 Å². The molecule has 124 valence electrons. The van der Waals surface area contributed by atoms with E-state index in [9.17, 15) is 14.7 Å². The summed E-state index contributed by atoms with van der Waals surface area (Å²) >= 11 is 0. The van der Waals surface area contributed by atoms with Crippen molar-refractivity contribution in [2.75, 3.05) is 5.32 Å². The number of rotatable bonds is 4. The molecule has 0 bridgehead atoms. The third kappa shape index (κ3) is 3.41. The Balaban J connectivity index is 1.73. The lowest BCUT2D eigenvalue weighted by Gasteiger charge is -2.32. The van der Waals surface area contributed by atoms with Crippen molar-refractivity contribution in [1.29, 1.82) is 0 Å². The minimum Gasteiger partial charge on any atom is -0.481 e. The highest BCUT2D eigenvalue weighted by Crippen LogP contribution is 2.40. The molecule has 1 aromatic carbocycles. The fourth-order valence-electron chi connectivity index (χ4n) is 4.09. The number of aliphatic carboxylic acids is 1. The maximum Gasteiger partial charge on any atom is 0.310 e. The van der Waals surface area contributed by atoms with Gasteiger partial charge in [-0.2, -0.15) is 0 Å². The molecule has 0 aromatic heterocycles. The van der Waals surface area contributed by atoms with Crippen molar-refractivity contribution in [3.8, 4) is 0 Å². The first-order chi connectivity index (χ1) is 11.1. The molecule has 0 heterocycles. The van der Waals surface area contributed by atoms with Crippen LogP contribution >= 0.6 is 0 Å². The van der Waals surface area contributed by atoms with Gasteiger partial charge in [0.05, 0.1) is 5.41 Å². The number of benzene rings is 1. The zero-order valence-corrected chi connectivity index (χ0v) is 13.6. The van der Waals surface area contributed by atoms with Crippen LogP contribution in [0.3, 0.4) is 0 Å². The maximum absolute atomic E-state index is 12.5. The van der Waals surface area contributed by atoms with Gasteiger partial charge in [0, 0.05) is 12.1 Å². The van der Waals surface area contributed by atoms with Gasteiger partial charge < -0.3 is 10.4 Å². The molecular formula is C19H25NO3. The lowest BCUT2D eigenvalue weighted by Crippen LogP contribution is -2.37. The van der Waals surface area contributed by atoms with E-state index in [0.717, 1.165) is 44.2 Å². The Kier molecular flexibility index (Phi) is 4.69. The number of carbonyl (C=O) groups excluding carboxylic acids is 1. The summed E-state index contributed by atoms with van der Waals surface area (Å²) in [6.45, 7) is 0. The smallest absolute Gasteiger partial charge is 0.310 e. The first-order valence-corrected chi connectivity index (χ1v) is 8.75. The van der Waals surface area contributed by atoms with Crippen LogP contribution in [0.1, 0.15) is 62.5 Å². The number of anilines is 1. The quantitative estimate of drug-likeness (QED) is 0.884. The second kappa shape index (κ2) is 6.73. The van der Waals surface area contributed by atoms with E-state index in [2.05, 4.69) is 11.4 Å². The summed E-state index contributed by atoms with van der Waals surface area (Å²) < 4.78 is 0. The molecule has 1 aromatic rings. The maximum atomic E-state index is 12.5. The van der Waals surface area contributed by atoms with Crippen molar-refractivity contribution in [3.05, 3.63) is 29.3 Å². The molecule has 0 aliphatic heterocycles. The number of carboxylic acid groups (broad SMARTS) is 1. The Morgan fingerprint density at radius 1 is 1.04 bits per heavy atom. The molecule has 2 N–H and O–H groups in total. The number of nitrogens with one attached hydrogen (secondary N) is 1. The Hall–Kier alpha value is -1.84. The average Bonchev–Trinajstić information content (AvgIpc) is 2.56. The van der Waals surface area contributed by atoms with E-state index in [-0.39, 0.29) is 12.3 Å². The molecule has 0 atom stereocenters. The molecule has 0 spiro atoms. The van der Waals surface area contributed by atoms with E-state index >= 15 is 0 Å². The van der Waals surface area contributed by atoms with Gasteiger partial charge in [0.15, 0.2) is 0 Å². The number of aryl methyl sites for hydroxylation is 1. The van der Waals surface area contributed by atoms with Gasteiger partial charge >= 0.3 is 5.97 Å². The highest BCUT2D eigenvalue weighted by atomic mass is 16.4. The number of fused-ring (bicyclic) bond motifs is 1. The van der Waals surface area contributed by atoms with Crippen molar-refractivity contribution in [1.82, 2.24) is 0 Å².